The van der Waals surface area contributed by atoms with Gasteiger partial charge in [-0.3, -0.25) is 4.79 Å². The van der Waals surface area contributed by atoms with E-state index < -0.39 is 0 Å². The highest BCUT2D eigenvalue weighted by Gasteiger charge is 2.12. The summed E-state index contributed by atoms with van der Waals surface area (Å²) in [4.78, 5) is 11.8. The number of ether oxygens (including phenoxy) is 1. The van der Waals surface area contributed by atoms with E-state index >= 15 is 0 Å². The van der Waals surface area contributed by atoms with Crippen LogP contribution in [0.4, 0.5) is 5.69 Å². The summed E-state index contributed by atoms with van der Waals surface area (Å²) in [6, 6.07) is 7.31. The number of nitrogens with one attached hydrogen (secondary N) is 1. The smallest absolute Gasteiger partial charge is 0.224 e. The van der Waals surface area contributed by atoms with Crippen molar-refractivity contribution in [2.75, 3.05) is 18.5 Å². The summed E-state index contributed by atoms with van der Waals surface area (Å²) in [5.74, 6) is 6.52. The topological polar surface area (TPSA) is 93.6 Å². The lowest BCUT2D eigenvalue weighted by Gasteiger charge is -2.23. The molecule has 0 spiro atoms. The van der Waals surface area contributed by atoms with E-state index in [0.29, 0.717) is 30.1 Å². The van der Waals surface area contributed by atoms with Crippen molar-refractivity contribution in [3.8, 4) is 5.75 Å². The monoisotopic (exact) mass is 276 g/mol. The molecular weight excluding hydrogens is 256 g/mol. The molecular formula is C14H20N4O2. The van der Waals surface area contributed by atoms with Gasteiger partial charge in [0.2, 0.25) is 5.91 Å². The lowest BCUT2D eigenvalue weighted by molar-refractivity contribution is -0.116. The number of amides is 1. The van der Waals surface area contributed by atoms with Crippen LogP contribution >= 0.6 is 0 Å². The number of nitrogens with zero attached hydrogens (tertiary/aromatic N) is 1. The summed E-state index contributed by atoms with van der Waals surface area (Å²) in [6.45, 7) is 0.904. The molecule has 0 aliphatic carbocycles. The van der Waals surface area contributed by atoms with Crippen molar-refractivity contribution < 1.29 is 9.53 Å². The molecule has 0 bridgehead atoms. The zero-order chi connectivity index (χ0) is 14.4. The fourth-order valence-electron chi connectivity index (χ4n) is 2.00. The molecule has 6 nitrogen and oxygen atoms in total. The average Bonchev–Trinajstić information content (AvgIpc) is 2.44. The molecule has 0 saturated heterocycles. The molecule has 0 aromatic heterocycles. The Bertz CT molecular complexity index is 502. The van der Waals surface area contributed by atoms with E-state index in [0.717, 1.165) is 12.8 Å². The number of hydrogen-bond acceptors (Lipinski definition) is 5. The lowest BCUT2D eigenvalue weighted by Crippen LogP contribution is -2.34. The molecule has 0 unspecified atom stereocenters. The van der Waals surface area contributed by atoms with Crippen molar-refractivity contribution in [2.24, 2.45) is 11.6 Å². The van der Waals surface area contributed by atoms with Crippen molar-refractivity contribution in [2.45, 2.75) is 19.3 Å². The highest BCUT2D eigenvalue weighted by Crippen LogP contribution is 2.25. The van der Waals surface area contributed by atoms with Crippen molar-refractivity contribution in [3.05, 3.63) is 36.2 Å². The van der Waals surface area contributed by atoms with Gasteiger partial charge >= 0.3 is 0 Å². The molecule has 5 N–H and O–H groups in total. The van der Waals surface area contributed by atoms with Crippen LogP contribution in [-0.4, -0.2) is 24.1 Å². The number of rotatable bonds is 0. The summed E-state index contributed by atoms with van der Waals surface area (Å²) in [6.07, 6.45) is 3.51. The van der Waals surface area contributed by atoms with Crippen molar-refractivity contribution >= 4 is 11.6 Å². The minimum Gasteiger partial charge on any atom is -0.485 e. The van der Waals surface area contributed by atoms with Crippen molar-refractivity contribution in [3.63, 3.8) is 0 Å². The first-order chi connectivity index (χ1) is 9.70. The second-order valence-corrected chi connectivity index (χ2v) is 4.64. The third kappa shape index (κ3) is 3.64. The summed E-state index contributed by atoms with van der Waals surface area (Å²) in [5.41, 5.74) is 6.96. The van der Waals surface area contributed by atoms with Crippen LogP contribution in [0.25, 0.3) is 0 Å². The van der Waals surface area contributed by atoms with Crippen LogP contribution in [-0.2, 0) is 4.79 Å². The van der Waals surface area contributed by atoms with Crippen LogP contribution in [0.5, 0.6) is 5.75 Å². The number of fused-ring (bicyclic) bond motifs is 1. The van der Waals surface area contributed by atoms with E-state index in [1.54, 1.807) is 11.1 Å². The molecule has 1 aliphatic heterocycles. The van der Waals surface area contributed by atoms with Gasteiger partial charge in [-0.2, -0.15) is 0 Å². The highest BCUT2D eigenvalue weighted by molar-refractivity contribution is 5.92. The van der Waals surface area contributed by atoms with Crippen molar-refractivity contribution in [1.82, 2.24) is 5.01 Å². The Hall–Kier alpha value is -2.21. The van der Waals surface area contributed by atoms with Crippen LogP contribution < -0.4 is 21.6 Å². The average molecular weight is 276 g/mol. The third-order valence-corrected chi connectivity index (χ3v) is 3.15. The highest BCUT2D eigenvalue weighted by atomic mass is 16.5. The van der Waals surface area contributed by atoms with E-state index in [1.807, 2.05) is 18.2 Å². The predicted octanol–water partition coefficient (Wildman–Crippen LogP) is 1.16. The van der Waals surface area contributed by atoms with Gasteiger partial charge in [0.05, 0.1) is 11.4 Å². The van der Waals surface area contributed by atoms with Crippen LogP contribution in [0.3, 0.4) is 0 Å². The van der Waals surface area contributed by atoms with E-state index in [4.69, 9.17) is 16.3 Å². The number of hydrogen-bond donors (Lipinski definition) is 3. The number of para-hydroxylation sites is 2. The molecule has 1 aliphatic rings. The van der Waals surface area contributed by atoms with Gasteiger partial charge in [-0.15, -0.1) is 0 Å². The van der Waals surface area contributed by atoms with Crippen LogP contribution in [0.1, 0.15) is 19.3 Å². The molecule has 0 atom stereocenters. The Labute approximate surface area is 118 Å². The number of anilines is 1. The normalized spacial score (nSPS) is 19.4. The van der Waals surface area contributed by atoms with Crippen LogP contribution in [0.15, 0.2) is 36.2 Å². The molecule has 1 aromatic carbocycles. The standard InChI is InChI=1S/C14H20N4O2/c15-9-11-10-20-13-6-2-1-5-12(13)17-14(19)7-3-4-8-18(11)16/h1-2,5-6,9H,3-4,7-8,10,15-16H2,(H,17,19)/b11-9-. The maximum absolute atomic E-state index is 11.8. The number of benzene rings is 1. The zero-order valence-corrected chi connectivity index (χ0v) is 11.3. The van der Waals surface area contributed by atoms with E-state index in [2.05, 4.69) is 5.32 Å². The Morgan fingerprint density at radius 1 is 1.30 bits per heavy atom. The van der Waals surface area contributed by atoms with Crippen LogP contribution in [0, 0.1) is 0 Å². The minimum absolute atomic E-state index is 0.0141. The van der Waals surface area contributed by atoms with Gasteiger partial charge in [-0.05, 0) is 25.0 Å². The summed E-state index contributed by atoms with van der Waals surface area (Å²) < 4.78 is 5.70. The minimum atomic E-state index is -0.0141. The second kappa shape index (κ2) is 6.81. The quantitative estimate of drug-likeness (QED) is 0.618. The van der Waals surface area contributed by atoms with Gasteiger partial charge in [0.1, 0.15) is 12.4 Å². The molecule has 1 heterocycles. The maximum Gasteiger partial charge on any atom is 0.224 e. The van der Waals surface area contributed by atoms with E-state index in [-0.39, 0.29) is 12.5 Å². The Morgan fingerprint density at radius 2 is 2.10 bits per heavy atom. The fourth-order valence-corrected chi connectivity index (χ4v) is 2.00. The molecule has 108 valence electrons. The van der Waals surface area contributed by atoms with E-state index in [1.165, 1.54) is 6.20 Å². The fraction of sp³-hybridized carbons (Fsp3) is 0.357. The molecule has 1 amide bonds. The van der Waals surface area contributed by atoms with Crippen molar-refractivity contribution in [1.29, 1.82) is 0 Å². The lowest BCUT2D eigenvalue weighted by atomic mass is 10.2. The zero-order valence-electron chi connectivity index (χ0n) is 11.3. The molecule has 0 fully saturated rings. The van der Waals surface area contributed by atoms with Gasteiger partial charge in [-0.1, -0.05) is 12.1 Å². The van der Waals surface area contributed by atoms with Crippen LogP contribution in [0.2, 0.25) is 0 Å². The molecule has 0 radical (unpaired) electrons. The largest absolute Gasteiger partial charge is 0.485 e. The molecule has 2 rings (SSSR count). The van der Waals surface area contributed by atoms with Gasteiger partial charge in [-0.25, -0.2) is 5.84 Å². The SMILES string of the molecule is N/C=C1/COc2ccccc2NC(=O)CCCCN1N. The molecule has 1 aromatic rings. The maximum atomic E-state index is 11.8. The van der Waals surface area contributed by atoms with Gasteiger partial charge in [0.25, 0.3) is 0 Å². The number of hydrazine groups is 1. The van der Waals surface area contributed by atoms with Gasteiger partial charge in [0.15, 0.2) is 0 Å². The first-order valence-corrected chi connectivity index (χ1v) is 6.65. The van der Waals surface area contributed by atoms with E-state index in [9.17, 15) is 4.79 Å². The number of carbonyl (C=O) groups is 1. The third-order valence-electron chi connectivity index (χ3n) is 3.15. The molecule has 0 saturated carbocycles. The summed E-state index contributed by atoms with van der Waals surface area (Å²) in [7, 11) is 0. The number of nitrogens with two attached hydrogens (primary N) is 2. The molecule has 6 heteroatoms. The first-order valence-electron chi connectivity index (χ1n) is 6.65. The summed E-state index contributed by atoms with van der Waals surface area (Å²) >= 11 is 0. The predicted molar refractivity (Wildman–Crippen MR) is 77.6 cm³/mol. The summed E-state index contributed by atoms with van der Waals surface area (Å²) in [5, 5.41) is 4.43. The number of carbonyl (C=O) groups excluding carboxylic acids is 1. The second-order valence-electron chi connectivity index (χ2n) is 4.64. The molecule has 20 heavy (non-hydrogen) atoms. The first kappa shape index (κ1) is 14.2. The Balaban J connectivity index is 2.21. The van der Waals surface area contributed by atoms with Gasteiger partial charge < -0.3 is 20.8 Å². The van der Waals surface area contributed by atoms with Gasteiger partial charge in [0, 0.05) is 19.2 Å². The Kier molecular flexibility index (Phi) is 4.84. The Morgan fingerprint density at radius 3 is 2.90 bits per heavy atom.